The zero-order valence-electron chi connectivity index (χ0n) is 18.9. The molecule has 0 heterocycles. The number of esters is 1. The van der Waals surface area contributed by atoms with E-state index in [1.54, 1.807) is 0 Å². The van der Waals surface area contributed by atoms with Gasteiger partial charge in [0, 0.05) is 6.42 Å². The van der Waals surface area contributed by atoms with E-state index in [9.17, 15) is 15.0 Å². The number of methoxy groups -OCH3 is 1. The van der Waals surface area contributed by atoms with Crippen molar-refractivity contribution >= 4 is 5.97 Å². The van der Waals surface area contributed by atoms with Gasteiger partial charge < -0.3 is 14.9 Å². The molecule has 2 N–H and O–H groups in total. The minimum absolute atomic E-state index is 0.0959. The van der Waals surface area contributed by atoms with Gasteiger partial charge in [-0.15, -0.1) is 0 Å². The first-order valence-corrected chi connectivity index (χ1v) is 12.1. The van der Waals surface area contributed by atoms with Crippen LogP contribution in [-0.2, 0) is 9.53 Å². The number of carbonyl (C=O) groups is 1. The molecule has 4 nitrogen and oxygen atoms in total. The monoisotopic (exact) mass is 406 g/mol. The number of hydrogen-bond acceptors (Lipinski definition) is 4. The van der Waals surface area contributed by atoms with Crippen LogP contribution in [0.1, 0.15) is 85.0 Å². The summed E-state index contributed by atoms with van der Waals surface area (Å²) in [4.78, 5) is 11.6. The molecule has 6 unspecified atom stereocenters. The molecule has 29 heavy (non-hydrogen) atoms. The molecule has 0 amide bonds. The Morgan fingerprint density at radius 1 is 1.03 bits per heavy atom. The maximum atomic E-state index is 11.6. The van der Waals surface area contributed by atoms with Gasteiger partial charge in [-0.1, -0.05) is 20.8 Å². The van der Waals surface area contributed by atoms with Crippen molar-refractivity contribution in [2.24, 2.45) is 46.3 Å². The lowest BCUT2D eigenvalue weighted by Crippen LogP contribution is -2.58. The lowest BCUT2D eigenvalue weighted by molar-refractivity contribution is -0.174. The number of ether oxygens (including phenoxy) is 1. The molecule has 4 aliphatic rings. The molecule has 0 aromatic rings. The summed E-state index contributed by atoms with van der Waals surface area (Å²) in [6.07, 6.45) is 9.80. The Balaban J connectivity index is 1.53. The molecule has 0 aliphatic heterocycles. The summed E-state index contributed by atoms with van der Waals surface area (Å²) in [5.41, 5.74) is 0.577. The van der Waals surface area contributed by atoms with Crippen molar-refractivity contribution in [2.45, 2.75) is 97.2 Å². The second-order valence-corrected chi connectivity index (χ2v) is 11.5. The first-order chi connectivity index (χ1) is 13.7. The van der Waals surface area contributed by atoms with Gasteiger partial charge >= 0.3 is 5.97 Å². The number of hydrogen-bond donors (Lipinski definition) is 2. The first kappa shape index (κ1) is 21.6. The fourth-order valence-electron chi connectivity index (χ4n) is 8.82. The lowest BCUT2D eigenvalue weighted by Gasteiger charge is -2.62. The van der Waals surface area contributed by atoms with Gasteiger partial charge in [0.15, 0.2) is 0 Å². The highest BCUT2D eigenvalue weighted by Crippen LogP contribution is 2.68. The van der Waals surface area contributed by atoms with Crippen LogP contribution in [0.3, 0.4) is 0 Å². The molecule has 10 atom stereocenters. The predicted molar refractivity (Wildman–Crippen MR) is 113 cm³/mol. The Morgan fingerprint density at radius 3 is 2.45 bits per heavy atom. The molecule has 4 rings (SSSR count). The van der Waals surface area contributed by atoms with Crippen molar-refractivity contribution in [1.82, 2.24) is 0 Å². The topological polar surface area (TPSA) is 66.8 Å². The molecular weight excluding hydrogens is 364 g/mol. The molecule has 4 aliphatic carbocycles. The first-order valence-electron chi connectivity index (χ1n) is 12.1. The summed E-state index contributed by atoms with van der Waals surface area (Å²) in [5, 5.41) is 21.5. The lowest BCUT2D eigenvalue weighted by atomic mass is 9.43. The van der Waals surface area contributed by atoms with Gasteiger partial charge in [0.1, 0.15) is 0 Å². The van der Waals surface area contributed by atoms with E-state index in [0.29, 0.717) is 47.3 Å². The van der Waals surface area contributed by atoms with E-state index in [1.807, 2.05) is 0 Å². The van der Waals surface area contributed by atoms with Crippen molar-refractivity contribution in [3.8, 4) is 0 Å². The highest BCUT2D eigenvalue weighted by Gasteiger charge is 2.62. The number of aliphatic hydroxyl groups excluding tert-OH is 2. The number of rotatable bonds is 4. The SMILES string of the molecule is COC(=O)CCC(C)[C@H]1CC[C@H]2[C@H]3C(O)C[C@@H]4CC(O)CCC4(C)C3CCC12C. The van der Waals surface area contributed by atoms with Crippen LogP contribution in [0.5, 0.6) is 0 Å². The smallest absolute Gasteiger partial charge is 0.305 e. The van der Waals surface area contributed by atoms with Crippen LogP contribution in [-0.4, -0.2) is 35.5 Å². The van der Waals surface area contributed by atoms with Gasteiger partial charge in [0.05, 0.1) is 19.3 Å². The summed E-state index contributed by atoms with van der Waals surface area (Å²) in [6.45, 7) is 7.29. The van der Waals surface area contributed by atoms with Crippen LogP contribution in [0, 0.1) is 46.3 Å². The molecule has 4 saturated carbocycles. The minimum atomic E-state index is -0.211. The highest BCUT2D eigenvalue weighted by molar-refractivity contribution is 5.69. The van der Waals surface area contributed by atoms with E-state index in [-0.39, 0.29) is 23.6 Å². The van der Waals surface area contributed by atoms with Crippen LogP contribution < -0.4 is 0 Å². The number of fused-ring (bicyclic) bond motifs is 5. The summed E-state index contributed by atoms with van der Waals surface area (Å²) in [5.74, 6) is 3.17. The van der Waals surface area contributed by atoms with Crippen molar-refractivity contribution < 1.29 is 19.7 Å². The highest BCUT2D eigenvalue weighted by atomic mass is 16.5. The fraction of sp³-hybridized carbons (Fsp3) is 0.960. The van der Waals surface area contributed by atoms with E-state index >= 15 is 0 Å². The van der Waals surface area contributed by atoms with Crippen molar-refractivity contribution in [3.63, 3.8) is 0 Å². The minimum Gasteiger partial charge on any atom is -0.469 e. The number of aliphatic hydroxyl groups is 2. The van der Waals surface area contributed by atoms with E-state index in [1.165, 1.54) is 32.8 Å². The van der Waals surface area contributed by atoms with E-state index in [4.69, 9.17) is 4.74 Å². The third-order valence-corrected chi connectivity index (χ3v) is 10.4. The van der Waals surface area contributed by atoms with Crippen molar-refractivity contribution in [1.29, 1.82) is 0 Å². The molecular formula is C25H42O4. The molecule has 4 fully saturated rings. The molecule has 166 valence electrons. The van der Waals surface area contributed by atoms with Gasteiger partial charge in [-0.25, -0.2) is 0 Å². The zero-order chi connectivity index (χ0) is 21.0. The zero-order valence-corrected chi connectivity index (χ0v) is 18.9. The second-order valence-electron chi connectivity index (χ2n) is 11.5. The third kappa shape index (κ3) is 3.46. The summed E-state index contributed by atoms with van der Waals surface area (Å²) in [6, 6.07) is 0. The van der Waals surface area contributed by atoms with Crippen LogP contribution in [0.15, 0.2) is 0 Å². The van der Waals surface area contributed by atoms with Gasteiger partial charge in [-0.2, -0.15) is 0 Å². The van der Waals surface area contributed by atoms with E-state index in [0.717, 1.165) is 32.1 Å². The summed E-state index contributed by atoms with van der Waals surface area (Å²) in [7, 11) is 1.48. The fourth-order valence-corrected chi connectivity index (χ4v) is 8.82. The van der Waals surface area contributed by atoms with Crippen LogP contribution >= 0.6 is 0 Å². The molecule has 0 aromatic heterocycles. The average Bonchev–Trinajstić information content (AvgIpc) is 3.04. The summed E-state index contributed by atoms with van der Waals surface area (Å²) < 4.78 is 4.86. The normalized spacial score (nSPS) is 50.2. The Bertz CT molecular complexity index is 620. The largest absolute Gasteiger partial charge is 0.469 e. The average molecular weight is 407 g/mol. The van der Waals surface area contributed by atoms with Gasteiger partial charge in [0.2, 0.25) is 0 Å². The molecule has 0 spiro atoms. The third-order valence-electron chi connectivity index (χ3n) is 10.4. The Labute approximate surface area is 176 Å². The van der Waals surface area contributed by atoms with Gasteiger partial charge in [-0.05, 0) is 104 Å². The standard InChI is InChI=1S/C25H42O4/c1-15(5-8-22(28)29-4)18-6-7-19-23-20(10-12-25(18,19)3)24(2)11-9-17(26)13-16(24)14-21(23)27/h15-21,23,26-27H,5-14H2,1-4H3/t15?,16-,17?,18+,19-,20?,21?,23+,24?,25?/m0/s1. The molecule has 4 heteroatoms. The Hall–Kier alpha value is -0.610. The Kier molecular flexibility index (Phi) is 5.83. The molecule has 0 bridgehead atoms. The molecule has 0 radical (unpaired) electrons. The van der Waals surface area contributed by atoms with E-state index < -0.39 is 0 Å². The molecule has 0 aromatic carbocycles. The molecule has 0 saturated heterocycles. The Morgan fingerprint density at radius 2 is 1.72 bits per heavy atom. The van der Waals surface area contributed by atoms with E-state index in [2.05, 4.69) is 20.8 Å². The quantitative estimate of drug-likeness (QED) is 0.671. The van der Waals surface area contributed by atoms with Gasteiger partial charge in [-0.3, -0.25) is 4.79 Å². The summed E-state index contributed by atoms with van der Waals surface area (Å²) >= 11 is 0. The maximum Gasteiger partial charge on any atom is 0.305 e. The maximum absolute atomic E-state index is 11.6. The van der Waals surface area contributed by atoms with Crippen molar-refractivity contribution in [3.05, 3.63) is 0 Å². The van der Waals surface area contributed by atoms with Crippen molar-refractivity contribution in [2.75, 3.05) is 7.11 Å². The van der Waals surface area contributed by atoms with Crippen LogP contribution in [0.4, 0.5) is 0 Å². The predicted octanol–water partition coefficient (Wildman–Crippen LogP) is 4.57. The second kappa shape index (κ2) is 7.82. The van der Waals surface area contributed by atoms with Crippen LogP contribution in [0.25, 0.3) is 0 Å². The van der Waals surface area contributed by atoms with Gasteiger partial charge in [0.25, 0.3) is 0 Å². The van der Waals surface area contributed by atoms with Crippen LogP contribution in [0.2, 0.25) is 0 Å². The number of carbonyl (C=O) groups excluding carboxylic acids is 1.